The number of aliphatic hydroxyl groups is 1. The van der Waals surface area contributed by atoms with Gasteiger partial charge >= 0.3 is 0 Å². The van der Waals surface area contributed by atoms with E-state index in [0.29, 0.717) is 0 Å². The van der Waals surface area contributed by atoms with Crippen LogP contribution in [0.15, 0.2) is 0 Å². The predicted molar refractivity (Wildman–Crippen MR) is 61.7 cm³/mol. The Hall–Kier alpha value is -0.610. The highest BCUT2D eigenvalue weighted by Crippen LogP contribution is 1.97. The summed E-state index contributed by atoms with van der Waals surface area (Å²) in [5, 5.41) is 14.8. The maximum Gasteiger partial charge on any atom is 0.237 e. The standard InChI is InChI=1S/C11H24N2O2/c1-5-10(6-2)13-11(15)9(4)12-8(3)7-14/h8-10,12,14H,5-7H2,1-4H3,(H,13,15). The number of nitrogens with one attached hydrogen (secondary N) is 2. The number of amides is 1. The molecule has 0 bridgehead atoms. The molecule has 90 valence electrons. The van der Waals surface area contributed by atoms with Crippen LogP contribution in [0, 0.1) is 0 Å². The van der Waals surface area contributed by atoms with Crippen LogP contribution in [0.2, 0.25) is 0 Å². The van der Waals surface area contributed by atoms with Crippen molar-refractivity contribution in [1.82, 2.24) is 10.6 Å². The van der Waals surface area contributed by atoms with Gasteiger partial charge in [-0.3, -0.25) is 4.79 Å². The third-order valence-electron chi connectivity index (χ3n) is 2.53. The molecular weight excluding hydrogens is 192 g/mol. The molecule has 1 amide bonds. The van der Waals surface area contributed by atoms with Crippen molar-refractivity contribution in [1.29, 1.82) is 0 Å². The molecule has 0 aromatic rings. The lowest BCUT2D eigenvalue weighted by atomic mass is 10.1. The van der Waals surface area contributed by atoms with Crippen molar-refractivity contribution in [3.8, 4) is 0 Å². The Morgan fingerprint density at radius 3 is 2.20 bits per heavy atom. The average molecular weight is 216 g/mol. The number of carbonyl (C=O) groups excluding carboxylic acids is 1. The summed E-state index contributed by atoms with van der Waals surface area (Å²) in [6.07, 6.45) is 1.90. The molecule has 0 saturated carbocycles. The van der Waals surface area contributed by atoms with E-state index < -0.39 is 0 Å². The van der Waals surface area contributed by atoms with Crippen LogP contribution in [-0.2, 0) is 4.79 Å². The summed E-state index contributed by atoms with van der Waals surface area (Å²) in [5.74, 6) is 0.00370. The van der Waals surface area contributed by atoms with Gasteiger partial charge in [0.25, 0.3) is 0 Å². The molecule has 3 N–H and O–H groups in total. The highest BCUT2D eigenvalue weighted by atomic mass is 16.3. The van der Waals surface area contributed by atoms with Crippen LogP contribution in [0.3, 0.4) is 0 Å². The van der Waals surface area contributed by atoms with Crippen LogP contribution in [0.25, 0.3) is 0 Å². The minimum absolute atomic E-state index is 0.00370. The number of hydrogen-bond acceptors (Lipinski definition) is 3. The molecule has 4 heteroatoms. The summed E-state index contributed by atoms with van der Waals surface area (Å²) in [7, 11) is 0. The molecule has 0 aliphatic heterocycles. The van der Waals surface area contributed by atoms with Gasteiger partial charge in [-0.25, -0.2) is 0 Å². The second kappa shape index (κ2) is 7.65. The Morgan fingerprint density at radius 2 is 1.80 bits per heavy atom. The third-order valence-corrected chi connectivity index (χ3v) is 2.53. The van der Waals surface area contributed by atoms with Crippen LogP contribution in [0.1, 0.15) is 40.5 Å². The lowest BCUT2D eigenvalue weighted by Crippen LogP contribution is -2.49. The Labute approximate surface area is 92.4 Å². The van der Waals surface area contributed by atoms with E-state index in [-0.39, 0.29) is 30.6 Å². The van der Waals surface area contributed by atoms with E-state index in [1.807, 2.05) is 13.8 Å². The maximum atomic E-state index is 11.7. The van der Waals surface area contributed by atoms with Gasteiger partial charge in [0, 0.05) is 12.1 Å². The minimum Gasteiger partial charge on any atom is -0.395 e. The molecule has 0 aliphatic carbocycles. The normalized spacial score (nSPS) is 15.1. The van der Waals surface area contributed by atoms with Gasteiger partial charge in [-0.1, -0.05) is 13.8 Å². The first-order valence-electron chi connectivity index (χ1n) is 5.72. The SMILES string of the molecule is CCC(CC)NC(=O)C(C)NC(C)CO. The summed E-state index contributed by atoms with van der Waals surface area (Å²) in [4.78, 5) is 11.7. The lowest BCUT2D eigenvalue weighted by Gasteiger charge is -2.21. The molecule has 0 spiro atoms. The Bertz CT molecular complexity index is 181. The average Bonchev–Trinajstić information content (AvgIpc) is 2.24. The van der Waals surface area contributed by atoms with E-state index in [1.165, 1.54) is 0 Å². The van der Waals surface area contributed by atoms with Crippen molar-refractivity contribution >= 4 is 5.91 Å². The summed E-state index contributed by atoms with van der Waals surface area (Å²) in [5.41, 5.74) is 0. The van der Waals surface area contributed by atoms with E-state index in [2.05, 4.69) is 24.5 Å². The van der Waals surface area contributed by atoms with Crippen LogP contribution in [-0.4, -0.2) is 35.7 Å². The highest BCUT2D eigenvalue weighted by molar-refractivity contribution is 5.81. The Morgan fingerprint density at radius 1 is 1.27 bits per heavy atom. The van der Waals surface area contributed by atoms with Crippen molar-refractivity contribution < 1.29 is 9.90 Å². The number of carbonyl (C=O) groups is 1. The second-order valence-corrected chi connectivity index (χ2v) is 3.99. The topological polar surface area (TPSA) is 61.4 Å². The minimum atomic E-state index is -0.257. The van der Waals surface area contributed by atoms with Gasteiger partial charge in [-0.05, 0) is 26.7 Å². The summed E-state index contributed by atoms with van der Waals surface area (Å²) < 4.78 is 0. The first-order valence-corrected chi connectivity index (χ1v) is 5.72. The highest BCUT2D eigenvalue weighted by Gasteiger charge is 2.16. The van der Waals surface area contributed by atoms with Gasteiger partial charge in [-0.15, -0.1) is 0 Å². The number of aliphatic hydroxyl groups excluding tert-OH is 1. The molecule has 15 heavy (non-hydrogen) atoms. The van der Waals surface area contributed by atoms with Crippen molar-refractivity contribution in [2.75, 3.05) is 6.61 Å². The summed E-state index contributed by atoms with van der Waals surface area (Å²) >= 11 is 0. The van der Waals surface area contributed by atoms with Gasteiger partial charge in [0.05, 0.1) is 12.6 Å². The van der Waals surface area contributed by atoms with E-state index in [0.717, 1.165) is 12.8 Å². The summed E-state index contributed by atoms with van der Waals surface area (Å²) in [6.45, 7) is 7.82. The Balaban J connectivity index is 3.97. The molecule has 0 radical (unpaired) electrons. The van der Waals surface area contributed by atoms with Crippen molar-refractivity contribution in [2.45, 2.75) is 58.7 Å². The molecule has 4 nitrogen and oxygen atoms in total. The molecule has 0 saturated heterocycles. The van der Waals surface area contributed by atoms with Crippen molar-refractivity contribution in [3.63, 3.8) is 0 Å². The third kappa shape index (κ3) is 5.74. The largest absolute Gasteiger partial charge is 0.395 e. The van der Waals surface area contributed by atoms with Crippen LogP contribution >= 0.6 is 0 Å². The van der Waals surface area contributed by atoms with Gasteiger partial charge in [0.2, 0.25) is 5.91 Å². The van der Waals surface area contributed by atoms with Crippen molar-refractivity contribution in [2.24, 2.45) is 0 Å². The number of hydrogen-bond donors (Lipinski definition) is 3. The van der Waals surface area contributed by atoms with E-state index in [9.17, 15) is 4.79 Å². The monoisotopic (exact) mass is 216 g/mol. The summed E-state index contributed by atoms with van der Waals surface area (Å²) in [6, 6.07) is -0.0496. The van der Waals surface area contributed by atoms with Gasteiger partial charge in [0.15, 0.2) is 0 Å². The molecule has 2 atom stereocenters. The fourth-order valence-electron chi connectivity index (χ4n) is 1.37. The zero-order chi connectivity index (χ0) is 11.8. The fraction of sp³-hybridized carbons (Fsp3) is 0.909. The second-order valence-electron chi connectivity index (χ2n) is 3.99. The predicted octanol–water partition coefficient (Wildman–Crippen LogP) is 0.650. The number of rotatable bonds is 7. The first-order chi connectivity index (χ1) is 7.04. The van der Waals surface area contributed by atoms with E-state index in [1.54, 1.807) is 0 Å². The Kier molecular flexibility index (Phi) is 7.34. The maximum absolute atomic E-state index is 11.7. The smallest absolute Gasteiger partial charge is 0.237 e. The van der Waals surface area contributed by atoms with Gasteiger partial charge in [0.1, 0.15) is 0 Å². The molecular formula is C11H24N2O2. The van der Waals surface area contributed by atoms with E-state index in [4.69, 9.17) is 5.11 Å². The zero-order valence-corrected chi connectivity index (χ0v) is 10.2. The van der Waals surface area contributed by atoms with Crippen LogP contribution in [0.4, 0.5) is 0 Å². The van der Waals surface area contributed by atoms with Crippen molar-refractivity contribution in [3.05, 3.63) is 0 Å². The molecule has 0 heterocycles. The first kappa shape index (κ1) is 14.4. The molecule has 0 aromatic heterocycles. The van der Waals surface area contributed by atoms with Crippen LogP contribution in [0.5, 0.6) is 0 Å². The van der Waals surface area contributed by atoms with Crippen LogP contribution < -0.4 is 10.6 Å². The van der Waals surface area contributed by atoms with Gasteiger partial charge in [-0.2, -0.15) is 0 Å². The molecule has 2 unspecified atom stereocenters. The molecule has 0 aliphatic rings. The van der Waals surface area contributed by atoms with Gasteiger partial charge < -0.3 is 15.7 Å². The fourth-order valence-corrected chi connectivity index (χ4v) is 1.37. The zero-order valence-electron chi connectivity index (χ0n) is 10.2. The molecule has 0 aromatic carbocycles. The molecule has 0 fully saturated rings. The molecule has 0 rings (SSSR count). The quantitative estimate of drug-likeness (QED) is 0.585. The lowest BCUT2D eigenvalue weighted by molar-refractivity contribution is -0.123. The van der Waals surface area contributed by atoms with E-state index >= 15 is 0 Å².